The second kappa shape index (κ2) is 43.2. The Balaban J connectivity index is 0.000000144. The molecule has 1 unspecified atom stereocenters. The van der Waals surface area contributed by atoms with E-state index in [9.17, 15) is 54.0 Å². The van der Waals surface area contributed by atoms with Gasteiger partial charge in [-0.25, -0.2) is 52.3 Å². The van der Waals surface area contributed by atoms with Crippen molar-refractivity contribution in [1.82, 2.24) is 69.5 Å². The van der Waals surface area contributed by atoms with Gasteiger partial charge in [0.15, 0.2) is 35.9 Å². The van der Waals surface area contributed by atoms with Gasteiger partial charge in [-0.05, 0) is 166 Å². The zero-order valence-electron chi connectivity index (χ0n) is 77.3. The van der Waals surface area contributed by atoms with Crippen molar-refractivity contribution >= 4 is 81.4 Å². The topological polar surface area (TPSA) is 404 Å². The third kappa shape index (κ3) is 22.9. The molecule has 10 aliphatic rings. The van der Waals surface area contributed by atoms with Gasteiger partial charge in [0.25, 0.3) is 5.91 Å². The number of carbonyl (C=O) groups is 6. The maximum atomic E-state index is 15.2. The molecule has 5 N–H and O–H groups in total. The van der Waals surface area contributed by atoms with Crippen LogP contribution in [0.3, 0.4) is 0 Å². The number of hydrogen-bond acceptors (Lipinski definition) is 30. The van der Waals surface area contributed by atoms with Crippen LogP contribution < -0.4 is 45.3 Å². The first-order valence-corrected chi connectivity index (χ1v) is 46.7. The molecule has 1 saturated carbocycles. The first-order chi connectivity index (χ1) is 67.2. The first-order valence-electron chi connectivity index (χ1n) is 46.7. The Morgan fingerprint density at radius 2 is 1.02 bits per heavy atom. The number of aliphatic hydroxyl groups is 1. The number of benzene rings is 6. The SMILES string of the molecule is C[C@H](O)C(=O)N1CC[C@H](Oc2ccc(-c3nccc(Nc4ccc([C@@H]5C(=O)N(C)CCN5C)cc4)n3)cc2C#N)[C@H](F)C1.C[C@H]1CN(c2ccc(Nc3ccnc(-c4ccc(O[C@H]5CCN(C(=O)C6CCC(=O)C6)C[C@H]5F)c(C#N)c4)n3)cc2)CCN1C1COC1.N#Cc1cc(-c2nccc(Nc3ccc(N4CCN(C5COC5)CC4)cc3)n2)ccc1O[C@H]1CCN(C(=O)[C@@H]2COC(=O)N2)CC1(F)F. The fraction of sp³-hybridized carbons (Fsp3) is 0.430. The number of nitrogens with one attached hydrogen (secondary N) is 4. The lowest BCUT2D eigenvalue weighted by atomic mass is 10.0. The number of nitriles is 3. The summed E-state index contributed by atoms with van der Waals surface area (Å²) in [6.07, 6.45) is -1.59. The molecule has 35 nitrogen and oxygen atoms in total. The van der Waals surface area contributed by atoms with Crippen molar-refractivity contribution < 1.29 is 79.9 Å². The Morgan fingerprint density at radius 1 is 0.540 bits per heavy atom. The fourth-order valence-corrected chi connectivity index (χ4v) is 18.7. The Bertz CT molecular complexity index is 6080. The number of piperidine rings is 3. The molecular weight excluding hydrogens is 1790 g/mol. The highest BCUT2D eigenvalue weighted by Gasteiger charge is 2.50. The Hall–Kier alpha value is -14.3. The molecule has 12 heterocycles. The predicted octanol–water partition coefficient (Wildman–Crippen LogP) is 10.3. The summed E-state index contributed by atoms with van der Waals surface area (Å²) in [5.41, 5.74) is 8.02. The fourth-order valence-electron chi connectivity index (χ4n) is 18.7. The number of aliphatic hydroxyl groups excluding tert-OH is 1. The summed E-state index contributed by atoms with van der Waals surface area (Å²) < 4.78 is 93.3. The number of alkyl carbamates (subject to hydrolysis) is 1. The third-order valence-corrected chi connectivity index (χ3v) is 26.8. The number of nitrogens with zero attached hydrogens (tertiary/aromatic N) is 18. The predicted molar refractivity (Wildman–Crippen MR) is 504 cm³/mol. The van der Waals surface area contributed by atoms with Gasteiger partial charge in [0.05, 0.1) is 74.8 Å². The highest BCUT2D eigenvalue weighted by atomic mass is 19.3. The van der Waals surface area contributed by atoms with Gasteiger partial charge in [-0.2, -0.15) is 15.8 Å². The number of ether oxygens (including phenoxy) is 6. The molecule has 0 spiro atoms. The highest BCUT2D eigenvalue weighted by Crippen LogP contribution is 2.39. The smallest absolute Gasteiger partial charge is 0.407 e. The van der Waals surface area contributed by atoms with Gasteiger partial charge in [-0.1, -0.05) is 12.1 Å². The molecule has 9 saturated heterocycles. The summed E-state index contributed by atoms with van der Waals surface area (Å²) in [5, 5.41) is 51.3. The number of halogens is 4. The molecule has 0 bridgehead atoms. The van der Waals surface area contributed by atoms with Crippen molar-refractivity contribution in [2.45, 2.75) is 125 Å². The number of rotatable bonds is 23. The van der Waals surface area contributed by atoms with Crippen LogP contribution in [0.4, 0.5) is 68.2 Å². The van der Waals surface area contributed by atoms with E-state index in [4.69, 9.17) is 28.4 Å². The first kappa shape index (κ1) is 96.4. The highest BCUT2D eigenvalue weighted by molar-refractivity contribution is 5.91. The van der Waals surface area contributed by atoms with E-state index in [1.165, 1.54) is 34.5 Å². The van der Waals surface area contributed by atoms with E-state index in [1.807, 2.05) is 73.6 Å². The van der Waals surface area contributed by atoms with Crippen molar-refractivity contribution in [2.75, 3.05) is 171 Å². The van der Waals surface area contributed by atoms with E-state index < -0.39 is 73.2 Å². The normalized spacial score (nSPS) is 23.2. The van der Waals surface area contributed by atoms with Crippen LogP contribution in [0.5, 0.6) is 17.2 Å². The molecule has 1 aliphatic carbocycles. The van der Waals surface area contributed by atoms with Crippen LogP contribution in [0.2, 0.25) is 0 Å². The molecule has 3 aromatic heterocycles. The van der Waals surface area contributed by atoms with Crippen LogP contribution in [-0.2, 0) is 38.2 Å². The summed E-state index contributed by atoms with van der Waals surface area (Å²) in [7, 11) is 3.77. The molecule has 10 atom stereocenters. The molecule has 724 valence electrons. The van der Waals surface area contributed by atoms with Gasteiger partial charge in [0, 0.05) is 193 Å². The van der Waals surface area contributed by atoms with Crippen molar-refractivity contribution in [3.63, 3.8) is 0 Å². The largest absolute Gasteiger partial charge is 0.486 e. The van der Waals surface area contributed by atoms with Crippen LogP contribution in [0.25, 0.3) is 34.2 Å². The van der Waals surface area contributed by atoms with E-state index >= 15 is 13.2 Å². The van der Waals surface area contributed by atoms with Crippen molar-refractivity contribution in [2.24, 2.45) is 5.92 Å². The molecular formula is C100H108F4N22O13. The van der Waals surface area contributed by atoms with Gasteiger partial charge < -0.3 is 84.2 Å². The van der Waals surface area contributed by atoms with Crippen LogP contribution in [0.1, 0.15) is 80.7 Å². The monoisotopic (exact) mass is 1900 g/mol. The number of likely N-dealkylation sites (tertiary alicyclic amines) is 3. The van der Waals surface area contributed by atoms with E-state index in [-0.39, 0.29) is 116 Å². The van der Waals surface area contributed by atoms with Gasteiger partial charge in [-0.15, -0.1) is 0 Å². The lowest BCUT2D eigenvalue weighted by Crippen LogP contribution is -2.60. The molecule has 9 aromatic rings. The van der Waals surface area contributed by atoms with Gasteiger partial charge in [0.1, 0.15) is 95.7 Å². The lowest BCUT2D eigenvalue weighted by Gasteiger charge is -2.47. The number of amides is 5. The van der Waals surface area contributed by atoms with Crippen LogP contribution in [0.15, 0.2) is 164 Å². The number of alkyl halides is 4. The van der Waals surface area contributed by atoms with Crippen molar-refractivity contribution in [3.8, 4) is 69.6 Å². The quantitative estimate of drug-likeness (QED) is 0.0371. The summed E-state index contributed by atoms with van der Waals surface area (Å²) in [5.74, 6) is -1.53. The number of hydrogen-bond donors (Lipinski definition) is 5. The van der Waals surface area contributed by atoms with Gasteiger partial charge >= 0.3 is 12.0 Å². The Morgan fingerprint density at radius 3 is 1.47 bits per heavy atom. The average molecular weight is 1900 g/mol. The summed E-state index contributed by atoms with van der Waals surface area (Å²) in [4.78, 5) is 117. The minimum Gasteiger partial charge on any atom is -0.486 e. The molecule has 19 rings (SSSR count). The molecule has 0 radical (unpaired) electrons. The number of cyclic esters (lactones) is 1. The number of carbonyl (C=O) groups excluding carboxylic acids is 6. The maximum absolute atomic E-state index is 15.2. The van der Waals surface area contributed by atoms with E-state index in [1.54, 1.807) is 84.2 Å². The molecule has 5 amide bonds. The average Bonchev–Trinajstić information content (AvgIpc) is 1.70. The number of ketones is 1. The van der Waals surface area contributed by atoms with Gasteiger partial charge in [-0.3, -0.25) is 38.7 Å². The summed E-state index contributed by atoms with van der Waals surface area (Å²) >= 11 is 0. The zero-order chi connectivity index (χ0) is 97.1. The standard InChI is InChI=1S/C36H40FN7O4.C33H34F2N8O5.C31H34FN7O4/c1-23-19-42(14-15-44(23)29-21-47-22-29)28-6-4-27(5-7-28)40-34-10-12-39-35(41-34)24-3-9-32(26(16-24)18-38)48-33-11-13-43(20-31(33)37)36(46)25-2-8-30(45)17-25;34-33(35)20-43(31(44)26-19-47-32(45)39-26)10-8-28(33)48-27-6-1-21(15-22(27)16-36)30-37-9-7-29(40-30)38-23-2-4-24(5-3-23)41-11-13-42(14-12-41)25-17-46-18-25;1-19(40)30(41)39-13-11-26(24(32)18-39)43-25-9-6-21(16-22(25)17-33)29-34-12-10-27(36-29)35-23-7-4-20(5-8-23)28-31(42)38(3)15-14-37(28)2/h3-7,9-10,12,16,23,25,29,31,33H,2,8,11,13-15,17,19-22H2,1H3,(H,39,40,41);1-7,9,15,25-26,28H,8,10-14,17-20H2,(H,39,45)(H,37,38,40);4-10,12,16,19,24,26,28,40H,11,13-15,18H2,1-3H3,(H,34,35,36)/t23-,25?,31+,33-;26-,28-;19-,24+,26-,28+/m000/s1. The van der Waals surface area contributed by atoms with E-state index in [0.717, 1.165) is 112 Å². The van der Waals surface area contributed by atoms with Crippen LogP contribution >= 0.6 is 0 Å². The number of likely N-dealkylation sites (N-methyl/N-ethyl adjacent to an activating group) is 2. The summed E-state index contributed by atoms with van der Waals surface area (Å²) in [6.45, 7) is 14.7. The minimum atomic E-state index is -3.40. The van der Waals surface area contributed by atoms with Crippen LogP contribution in [-0.4, -0.2) is 317 Å². The number of aromatic nitrogens is 6. The third-order valence-electron chi connectivity index (χ3n) is 26.8. The Labute approximate surface area is 800 Å². The second-order valence-electron chi connectivity index (χ2n) is 36.3. The van der Waals surface area contributed by atoms with Crippen molar-refractivity contribution in [3.05, 3.63) is 186 Å². The molecule has 10 fully saturated rings. The number of anilines is 8. The Kier molecular flexibility index (Phi) is 30.0. The maximum Gasteiger partial charge on any atom is 0.407 e. The van der Waals surface area contributed by atoms with Crippen molar-refractivity contribution in [1.29, 1.82) is 15.8 Å². The van der Waals surface area contributed by atoms with Crippen LogP contribution in [0, 0.1) is 39.9 Å². The van der Waals surface area contributed by atoms with E-state index in [0.29, 0.717) is 102 Å². The molecule has 9 aliphatic heterocycles. The molecule has 39 heteroatoms. The van der Waals surface area contributed by atoms with E-state index in [2.05, 4.69) is 114 Å². The zero-order valence-corrected chi connectivity index (χ0v) is 77.3. The minimum absolute atomic E-state index is 0.00461. The molecule has 6 aromatic carbocycles. The second-order valence-corrected chi connectivity index (χ2v) is 36.3. The van der Waals surface area contributed by atoms with Gasteiger partial charge in [0.2, 0.25) is 17.7 Å². The summed E-state index contributed by atoms with van der Waals surface area (Å²) in [6, 6.07) is 50.4. The molecule has 139 heavy (non-hydrogen) atoms. The lowest BCUT2D eigenvalue weighted by molar-refractivity contribution is -0.161. The number of Topliss-reactive ketones (excluding diaryl/α,β-unsaturated/α-hetero) is 1. The number of piperazine rings is 3.